The minimum absolute atomic E-state index is 0.110. The molecule has 4 aromatic rings. The van der Waals surface area contributed by atoms with E-state index in [-0.39, 0.29) is 5.91 Å². The highest BCUT2D eigenvalue weighted by molar-refractivity contribution is 6.15. The highest BCUT2D eigenvalue weighted by Gasteiger charge is 2.22. The first-order valence-corrected chi connectivity index (χ1v) is 12.4. The number of aryl methyl sites for hydroxylation is 2. The number of nitrogens with one attached hydrogen (secondary N) is 2. The van der Waals surface area contributed by atoms with Gasteiger partial charge in [-0.25, -0.2) is 14.8 Å². The van der Waals surface area contributed by atoms with E-state index in [1.54, 1.807) is 16.9 Å². The predicted molar refractivity (Wildman–Crippen MR) is 149 cm³/mol. The molecule has 3 aromatic carbocycles. The van der Waals surface area contributed by atoms with Gasteiger partial charge in [-0.1, -0.05) is 36.4 Å². The van der Waals surface area contributed by atoms with Gasteiger partial charge in [0.05, 0.1) is 28.9 Å². The molecule has 0 atom stereocenters. The van der Waals surface area contributed by atoms with Crippen molar-refractivity contribution in [3.63, 3.8) is 0 Å². The Balaban J connectivity index is 1.91. The van der Waals surface area contributed by atoms with Gasteiger partial charge in [0.15, 0.2) is 0 Å². The average molecular weight is 500 g/mol. The van der Waals surface area contributed by atoms with E-state index in [2.05, 4.69) is 10.6 Å². The lowest BCUT2D eigenvalue weighted by Crippen LogP contribution is -2.41. The molecule has 0 unspecified atom stereocenters. The quantitative estimate of drug-likeness (QED) is 0.231. The van der Waals surface area contributed by atoms with Gasteiger partial charge in [-0.15, -0.1) is 0 Å². The van der Waals surface area contributed by atoms with Crippen LogP contribution in [0, 0.1) is 13.8 Å². The van der Waals surface area contributed by atoms with Crippen LogP contribution in [0.15, 0.2) is 54.6 Å². The molecule has 0 radical (unpaired) electrons. The van der Waals surface area contributed by atoms with Gasteiger partial charge >= 0.3 is 6.09 Å². The average Bonchev–Trinajstić information content (AvgIpc) is 2.86. The van der Waals surface area contributed by atoms with Crippen molar-refractivity contribution in [3.05, 3.63) is 71.3 Å². The maximum atomic E-state index is 13.5. The molecule has 2 N–H and O–H groups in total. The van der Waals surface area contributed by atoms with Gasteiger partial charge in [-0.3, -0.25) is 15.1 Å². The van der Waals surface area contributed by atoms with Crippen LogP contribution >= 0.6 is 0 Å². The van der Waals surface area contributed by atoms with Gasteiger partial charge in [0.25, 0.3) is 5.91 Å². The van der Waals surface area contributed by atoms with E-state index in [9.17, 15) is 9.59 Å². The second-order valence-electron chi connectivity index (χ2n) is 9.03. The third-order valence-electron chi connectivity index (χ3n) is 6.30. The van der Waals surface area contributed by atoms with Crippen LogP contribution in [-0.4, -0.2) is 54.2 Å². The number of hydrogen-bond donors (Lipinski definition) is 2. The number of carbonyl (C=O) groups excluding carboxylic acids is 2. The lowest BCUT2D eigenvalue weighted by Gasteiger charge is -2.28. The number of para-hydroxylation sites is 2. The largest absolute Gasteiger partial charge is 0.450 e. The third-order valence-corrected chi connectivity index (χ3v) is 6.30. The van der Waals surface area contributed by atoms with E-state index in [1.807, 2.05) is 89.5 Å². The number of carbonyl (C=O) groups is 2. The van der Waals surface area contributed by atoms with Gasteiger partial charge in [0, 0.05) is 42.8 Å². The molecule has 8 nitrogen and oxygen atoms in total. The number of fused-ring (bicyclic) bond motifs is 2. The molecule has 0 bridgehead atoms. The summed E-state index contributed by atoms with van der Waals surface area (Å²) in [7, 11) is 3.71. The molecular formula is C29H33N5O3. The summed E-state index contributed by atoms with van der Waals surface area (Å²) in [5.74, 6) is -0.110. The minimum Gasteiger partial charge on any atom is -0.450 e. The summed E-state index contributed by atoms with van der Waals surface area (Å²) in [6, 6.07) is 17.4. The molecule has 0 saturated heterocycles. The second kappa shape index (κ2) is 10.8. The van der Waals surface area contributed by atoms with Gasteiger partial charge in [-0.2, -0.15) is 0 Å². The van der Waals surface area contributed by atoms with Crippen LogP contribution in [0.25, 0.3) is 21.8 Å². The second-order valence-corrected chi connectivity index (χ2v) is 9.03. The number of hydrazine groups is 1. The number of pyridine rings is 1. The van der Waals surface area contributed by atoms with Crippen molar-refractivity contribution in [2.75, 3.05) is 37.9 Å². The highest BCUT2D eigenvalue weighted by Crippen LogP contribution is 2.37. The number of ether oxygens (including phenoxy) is 1. The maximum Gasteiger partial charge on any atom is 0.411 e. The molecule has 2 amide bonds. The molecule has 0 spiro atoms. The standard InChI is InChI=1S/C29H33N5O3/c1-7-34(33(5)6)28(35)23-14-10-13-22-26(21-12-9-11-19(4)25(21)32-27(22)23)31-24-17-20(16-15-18(24)3)30-29(36)37-8-2/h9-17H,7-8H2,1-6H3,(H,30,36)(H,31,32). The van der Waals surface area contributed by atoms with Crippen molar-refractivity contribution in [2.24, 2.45) is 0 Å². The number of nitrogens with zero attached hydrogens (tertiary/aromatic N) is 3. The van der Waals surface area contributed by atoms with Crippen LogP contribution in [0.2, 0.25) is 0 Å². The first kappa shape index (κ1) is 25.9. The summed E-state index contributed by atoms with van der Waals surface area (Å²) in [4.78, 5) is 30.5. The summed E-state index contributed by atoms with van der Waals surface area (Å²) in [6.45, 7) is 8.56. The van der Waals surface area contributed by atoms with Crippen molar-refractivity contribution >= 4 is 50.9 Å². The number of benzene rings is 3. The van der Waals surface area contributed by atoms with Gasteiger partial charge < -0.3 is 10.1 Å². The molecule has 37 heavy (non-hydrogen) atoms. The number of amides is 2. The fourth-order valence-electron chi connectivity index (χ4n) is 4.44. The Kier molecular flexibility index (Phi) is 7.59. The summed E-state index contributed by atoms with van der Waals surface area (Å²) < 4.78 is 5.03. The van der Waals surface area contributed by atoms with Crippen LogP contribution in [0.5, 0.6) is 0 Å². The van der Waals surface area contributed by atoms with Crippen LogP contribution in [-0.2, 0) is 4.74 Å². The minimum atomic E-state index is -0.503. The summed E-state index contributed by atoms with van der Waals surface area (Å²) in [5.41, 5.74) is 6.30. The molecule has 0 aliphatic rings. The highest BCUT2D eigenvalue weighted by atomic mass is 16.5. The Labute approximate surface area is 217 Å². The first-order chi connectivity index (χ1) is 17.7. The molecule has 1 aromatic heterocycles. The molecule has 0 aliphatic carbocycles. The predicted octanol–water partition coefficient (Wildman–Crippen LogP) is 6.26. The zero-order valence-electron chi connectivity index (χ0n) is 22.2. The zero-order valence-corrected chi connectivity index (χ0v) is 22.2. The zero-order chi connectivity index (χ0) is 26.7. The van der Waals surface area contributed by atoms with Crippen LogP contribution in [0.4, 0.5) is 21.9 Å². The van der Waals surface area contributed by atoms with Crippen molar-refractivity contribution in [1.82, 2.24) is 15.0 Å². The topological polar surface area (TPSA) is 86.8 Å². The van der Waals surface area contributed by atoms with Crippen LogP contribution < -0.4 is 10.6 Å². The lowest BCUT2D eigenvalue weighted by molar-refractivity contribution is 0.0232. The van der Waals surface area contributed by atoms with Gasteiger partial charge in [0.2, 0.25) is 0 Å². The molecule has 1 heterocycles. The Hall–Kier alpha value is -4.17. The van der Waals surface area contributed by atoms with E-state index >= 15 is 0 Å². The van der Waals surface area contributed by atoms with Crippen molar-refractivity contribution in [1.29, 1.82) is 0 Å². The first-order valence-electron chi connectivity index (χ1n) is 12.4. The van der Waals surface area contributed by atoms with Crippen molar-refractivity contribution in [2.45, 2.75) is 27.7 Å². The van der Waals surface area contributed by atoms with Gasteiger partial charge in [-0.05, 0) is 57.0 Å². The fraction of sp³-hybridized carbons (Fsp3) is 0.276. The number of hydrogen-bond acceptors (Lipinski definition) is 6. The van der Waals surface area contributed by atoms with E-state index in [0.717, 1.165) is 38.8 Å². The van der Waals surface area contributed by atoms with Crippen LogP contribution in [0.1, 0.15) is 35.3 Å². The molecule has 0 fully saturated rings. The summed E-state index contributed by atoms with van der Waals surface area (Å²) in [5, 5.41) is 11.6. The Morgan fingerprint density at radius 1 is 0.919 bits per heavy atom. The van der Waals surface area contributed by atoms with E-state index in [1.165, 1.54) is 0 Å². The molecular weight excluding hydrogens is 466 g/mol. The number of aromatic nitrogens is 1. The Bertz CT molecular complexity index is 1480. The van der Waals surface area contributed by atoms with E-state index in [4.69, 9.17) is 9.72 Å². The number of anilines is 3. The molecule has 8 heteroatoms. The van der Waals surface area contributed by atoms with E-state index in [0.29, 0.717) is 29.9 Å². The fourth-order valence-corrected chi connectivity index (χ4v) is 4.44. The van der Waals surface area contributed by atoms with Crippen molar-refractivity contribution < 1.29 is 14.3 Å². The third kappa shape index (κ3) is 5.20. The van der Waals surface area contributed by atoms with Gasteiger partial charge in [0.1, 0.15) is 0 Å². The Morgan fingerprint density at radius 3 is 2.30 bits per heavy atom. The number of rotatable bonds is 7. The summed E-state index contributed by atoms with van der Waals surface area (Å²) >= 11 is 0. The summed E-state index contributed by atoms with van der Waals surface area (Å²) in [6.07, 6.45) is -0.503. The van der Waals surface area contributed by atoms with Crippen LogP contribution in [0.3, 0.4) is 0 Å². The normalized spacial score (nSPS) is 11.1. The maximum absolute atomic E-state index is 13.5. The van der Waals surface area contributed by atoms with E-state index < -0.39 is 6.09 Å². The lowest BCUT2D eigenvalue weighted by atomic mass is 10.0. The monoisotopic (exact) mass is 499 g/mol. The molecule has 0 aliphatic heterocycles. The smallest absolute Gasteiger partial charge is 0.411 e. The molecule has 4 rings (SSSR count). The molecule has 0 saturated carbocycles. The molecule has 192 valence electrons. The Morgan fingerprint density at radius 2 is 1.62 bits per heavy atom. The SMILES string of the molecule is CCOC(=O)Nc1ccc(C)c(Nc2c3cccc(C)c3nc3c(C(=O)N(CC)N(C)C)cccc23)c1. The van der Waals surface area contributed by atoms with Crippen molar-refractivity contribution in [3.8, 4) is 0 Å².